The zero-order chi connectivity index (χ0) is 18.6. The normalized spacial score (nSPS) is 17.1. The van der Waals surface area contributed by atoms with E-state index in [-0.39, 0.29) is 17.9 Å². The van der Waals surface area contributed by atoms with Crippen LogP contribution in [0.1, 0.15) is 12.0 Å². The molecular weight excluding hydrogens is 341 g/mol. The summed E-state index contributed by atoms with van der Waals surface area (Å²) in [6, 6.07) is 20.4. The van der Waals surface area contributed by atoms with Gasteiger partial charge in [0, 0.05) is 31.4 Å². The topological polar surface area (TPSA) is 44.4 Å². The average molecular weight is 363 g/mol. The first-order valence-electron chi connectivity index (χ1n) is 9.19. The van der Waals surface area contributed by atoms with Gasteiger partial charge in [-0.15, -0.1) is 0 Å². The Kier molecular flexibility index (Phi) is 5.03. The van der Waals surface area contributed by atoms with E-state index in [1.165, 1.54) is 11.6 Å². The highest BCUT2D eigenvalue weighted by Crippen LogP contribution is 2.20. The van der Waals surface area contributed by atoms with Crippen molar-refractivity contribution in [3.63, 3.8) is 0 Å². The number of fused-ring (bicyclic) bond motifs is 1. The fourth-order valence-electron chi connectivity index (χ4n) is 3.59. The first-order valence-corrected chi connectivity index (χ1v) is 9.19. The van der Waals surface area contributed by atoms with E-state index < -0.39 is 0 Å². The molecular formula is C22H22FN3O. The lowest BCUT2D eigenvalue weighted by atomic mass is 10.1. The smallest absolute Gasteiger partial charge is 0.319 e. The maximum Gasteiger partial charge on any atom is 0.319 e. The van der Waals surface area contributed by atoms with E-state index in [0.717, 1.165) is 42.5 Å². The molecule has 1 aliphatic heterocycles. The number of halogens is 1. The summed E-state index contributed by atoms with van der Waals surface area (Å²) in [6.45, 7) is 2.59. The summed E-state index contributed by atoms with van der Waals surface area (Å²) in [5.41, 5.74) is 1.99. The van der Waals surface area contributed by atoms with Crippen LogP contribution in [-0.4, -0.2) is 30.1 Å². The van der Waals surface area contributed by atoms with Gasteiger partial charge in [-0.3, -0.25) is 4.90 Å². The second kappa shape index (κ2) is 7.76. The number of amides is 2. The van der Waals surface area contributed by atoms with Crippen molar-refractivity contribution >= 4 is 22.5 Å². The second-order valence-electron chi connectivity index (χ2n) is 7.01. The molecule has 0 bridgehead atoms. The second-order valence-corrected chi connectivity index (χ2v) is 7.01. The highest BCUT2D eigenvalue weighted by Gasteiger charge is 2.23. The monoisotopic (exact) mass is 363 g/mol. The van der Waals surface area contributed by atoms with Gasteiger partial charge in [-0.2, -0.15) is 0 Å². The van der Waals surface area contributed by atoms with Crippen molar-refractivity contribution in [2.75, 3.05) is 18.4 Å². The van der Waals surface area contributed by atoms with Crippen molar-refractivity contribution in [2.45, 2.75) is 19.0 Å². The molecule has 2 N–H and O–H groups in total. The molecule has 1 aliphatic rings. The van der Waals surface area contributed by atoms with E-state index in [9.17, 15) is 9.18 Å². The zero-order valence-electron chi connectivity index (χ0n) is 15.0. The minimum absolute atomic E-state index is 0.142. The van der Waals surface area contributed by atoms with Crippen molar-refractivity contribution < 1.29 is 9.18 Å². The summed E-state index contributed by atoms with van der Waals surface area (Å²) in [6.07, 6.45) is 0.932. The molecule has 4 rings (SSSR count). The summed E-state index contributed by atoms with van der Waals surface area (Å²) in [4.78, 5) is 14.5. The van der Waals surface area contributed by atoms with E-state index in [4.69, 9.17) is 0 Å². The molecule has 0 radical (unpaired) electrons. The highest BCUT2D eigenvalue weighted by atomic mass is 19.1. The number of para-hydroxylation sites is 1. The van der Waals surface area contributed by atoms with Crippen molar-refractivity contribution in [3.05, 3.63) is 78.1 Å². The van der Waals surface area contributed by atoms with Crippen LogP contribution in [0.4, 0.5) is 14.9 Å². The van der Waals surface area contributed by atoms with Crippen LogP contribution in [0.5, 0.6) is 0 Å². The van der Waals surface area contributed by atoms with Crippen LogP contribution in [0.15, 0.2) is 66.7 Å². The molecule has 1 atom stereocenters. The van der Waals surface area contributed by atoms with Gasteiger partial charge in [-0.05, 0) is 53.1 Å². The SMILES string of the molecule is O=C(Nc1ccccc1)N[C@@H]1CCN(Cc2ccc3cc(F)ccc3c2)C1. The van der Waals surface area contributed by atoms with Gasteiger partial charge in [0.15, 0.2) is 0 Å². The molecule has 1 heterocycles. The summed E-state index contributed by atoms with van der Waals surface area (Å²) in [7, 11) is 0. The van der Waals surface area contributed by atoms with Crippen molar-refractivity contribution in [3.8, 4) is 0 Å². The van der Waals surface area contributed by atoms with Crippen LogP contribution in [0, 0.1) is 5.82 Å². The van der Waals surface area contributed by atoms with E-state index in [1.54, 1.807) is 6.07 Å². The quantitative estimate of drug-likeness (QED) is 0.723. The van der Waals surface area contributed by atoms with E-state index in [2.05, 4.69) is 21.6 Å². The number of hydrogen-bond acceptors (Lipinski definition) is 2. The number of hydrogen-bond donors (Lipinski definition) is 2. The van der Waals surface area contributed by atoms with Gasteiger partial charge in [-0.25, -0.2) is 9.18 Å². The van der Waals surface area contributed by atoms with Crippen LogP contribution in [-0.2, 0) is 6.54 Å². The maximum absolute atomic E-state index is 13.3. The lowest BCUT2D eigenvalue weighted by Crippen LogP contribution is -2.39. The third-order valence-electron chi connectivity index (χ3n) is 4.91. The van der Waals surface area contributed by atoms with Gasteiger partial charge in [0.1, 0.15) is 5.82 Å². The standard InChI is InChI=1S/C22H22FN3O/c23-19-9-8-17-12-16(6-7-18(17)13-19)14-26-11-10-21(15-26)25-22(27)24-20-4-2-1-3-5-20/h1-9,12-13,21H,10-11,14-15H2,(H2,24,25,27)/t21-/m1/s1. The summed E-state index contributed by atoms with van der Waals surface area (Å²) in [5.74, 6) is -0.211. The Labute approximate surface area is 158 Å². The summed E-state index contributed by atoms with van der Waals surface area (Å²) in [5, 5.41) is 7.86. The molecule has 0 aliphatic carbocycles. The Balaban J connectivity index is 1.32. The van der Waals surface area contributed by atoms with Gasteiger partial charge in [0.25, 0.3) is 0 Å². The fraction of sp³-hybridized carbons (Fsp3) is 0.227. The number of benzene rings is 3. The maximum atomic E-state index is 13.3. The van der Waals surface area contributed by atoms with Gasteiger partial charge < -0.3 is 10.6 Å². The Morgan fingerprint density at radius 2 is 1.81 bits per heavy atom. The van der Waals surface area contributed by atoms with E-state index in [0.29, 0.717) is 0 Å². The predicted octanol–water partition coefficient (Wildman–Crippen LogP) is 4.37. The number of carbonyl (C=O) groups is 1. The van der Waals surface area contributed by atoms with Crippen LogP contribution >= 0.6 is 0 Å². The number of rotatable bonds is 4. The summed E-state index contributed by atoms with van der Waals surface area (Å²) >= 11 is 0. The lowest BCUT2D eigenvalue weighted by molar-refractivity contribution is 0.247. The first-order chi connectivity index (χ1) is 13.2. The van der Waals surface area contributed by atoms with Crippen LogP contribution in [0.25, 0.3) is 10.8 Å². The van der Waals surface area contributed by atoms with Gasteiger partial charge >= 0.3 is 6.03 Å². The molecule has 0 spiro atoms. The number of nitrogens with zero attached hydrogens (tertiary/aromatic N) is 1. The molecule has 4 nitrogen and oxygen atoms in total. The van der Waals surface area contributed by atoms with Crippen molar-refractivity contribution in [2.24, 2.45) is 0 Å². The molecule has 0 unspecified atom stereocenters. The molecule has 3 aromatic carbocycles. The van der Waals surface area contributed by atoms with Crippen molar-refractivity contribution in [1.82, 2.24) is 10.2 Å². The number of urea groups is 1. The molecule has 1 saturated heterocycles. The Hall–Kier alpha value is -2.92. The molecule has 0 aromatic heterocycles. The zero-order valence-corrected chi connectivity index (χ0v) is 15.0. The number of carbonyl (C=O) groups excluding carboxylic acids is 1. The van der Waals surface area contributed by atoms with Crippen LogP contribution < -0.4 is 10.6 Å². The van der Waals surface area contributed by atoms with Gasteiger partial charge in [0.05, 0.1) is 0 Å². The van der Waals surface area contributed by atoms with Crippen LogP contribution in [0.2, 0.25) is 0 Å². The summed E-state index contributed by atoms with van der Waals surface area (Å²) < 4.78 is 13.3. The Morgan fingerprint density at radius 1 is 1.04 bits per heavy atom. The third-order valence-corrected chi connectivity index (χ3v) is 4.91. The number of likely N-dealkylation sites (tertiary alicyclic amines) is 1. The molecule has 0 saturated carbocycles. The van der Waals surface area contributed by atoms with E-state index in [1.807, 2.05) is 48.5 Å². The largest absolute Gasteiger partial charge is 0.334 e. The van der Waals surface area contributed by atoms with Gasteiger partial charge in [-0.1, -0.05) is 36.4 Å². The lowest BCUT2D eigenvalue weighted by Gasteiger charge is -2.17. The fourth-order valence-corrected chi connectivity index (χ4v) is 3.59. The predicted molar refractivity (Wildman–Crippen MR) is 106 cm³/mol. The van der Waals surface area contributed by atoms with Crippen LogP contribution in [0.3, 0.4) is 0 Å². The molecule has 1 fully saturated rings. The Morgan fingerprint density at radius 3 is 2.67 bits per heavy atom. The first kappa shape index (κ1) is 17.5. The van der Waals surface area contributed by atoms with E-state index >= 15 is 0 Å². The average Bonchev–Trinajstić information content (AvgIpc) is 3.09. The Bertz CT molecular complexity index is 945. The highest BCUT2D eigenvalue weighted by molar-refractivity contribution is 5.89. The third kappa shape index (κ3) is 4.44. The minimum atomic E-state index is -0.211. The molecule has 138 valence electrons. The number of nitrogens with one attached hydrogen (secondary N) is 2. The molecule has 5 heteroatoms. The van der Waals surface area contributed by atoms with Gasteiger partial charge in [0.2, 0.25) is 0 Å². The molecule has 27 heavy (non-hydrogen) atoms. The number of anilines is 1. The van der Waals surface area contributed by atoms with Crippen molar-refractivity contribution in [1.29, 1.82) is 0 Å². The molecule has 3 aromatic rings. The minimum Gasteiger partial charge on any atom is -0.334 e. The molecule has 2 amide bonds.